The molecule has 3 N–H and O–H groups in total. The molecule has 5 nitrogen and oxygen atoms in total. The summed E-state index contributed by atoms with van der Waals surface area (Å²) in [5.41, 5.74) is 7.43. The topological polar surface area (TPSA) is 73.6 Å². The van der Waals surface area contributed by atoms with Crippen LogP contribution in [0.3, 0.4) is 0 Å². The molecule has 2 aromatic rings. The van der Waals surface area contributed by atoms with Gasteiger partial charge in [-0.2, -0.15) is 0 Å². The number of nitrogens with one attached hydrogen (secondary N) is 1. The fourth-order valence-corrected chi connectivity index (χ4v) is 2.13. The molecule has 0 fully saturated rings. The maximum Gasteiger partial charge on any atom is 0.255 e. The van der Waals surface area contributed by atoms with Gasteiger partial charge in [0, 0.05) is 23.0 Å². The van der Waals surface area contributed by atoms with Gasteiger partial charge in [0.1, 0.15) is 0 Å². The van der Waals surface area contributed by atoms with Crippen LogP contribution in [0.2, 0.25) is 0 Å². The van der Waals surface area contributed by atoms with Gasteiger partial charge in [-0.25, -0.2) is 0 Å². The Balaban J connectivity index is 0.00000312. The second-order valence-corrected chi connectivity index (χ2v) is 5.44. The van der Waals surface area contributed by atoms with Gasteiger partial charge in [0.2, 0.25) is 0 Å². The van der Waals surface area contributed by atoms with Gasteiger partial charge in [0.05, 0.1) is 13.2 Å². The molecule has 0 aliphatic carbocycles. The van der Waals surface area contributed by atoms with E-state index in [0.29, 0.717) is 41.7 Å². The molecule has 0 aliphatic heterocycles. The van der Waals surface area contributed by atoms with Crippen molar-refractivity contribution in [3.05, 3.63) is 48.0 Å². The number of nitrogens with two attached hydrogens (primary N) is 1. The van der Waals surface area contributed by atoms with Gasteiger partial charge in [-0.3, -0.25) is 4.79 Å². The number of rotatable bonds is 8. The smallest absolute Gasteiger partial charge is 0.255 e. The maximum atomic E-state index is 12.3. The summed E-state index contributed by atoms with van der Waals surface area (Å²) in [6.07, 6.45) is 1.81. The fourth-order valence-electron chi connectivity index (χ4n) is 2.13. The minimum absolute atomic E-state index is 0. The molecule has 2 aromatic carbocycles. The Bertz CT molecular complexity index is 692. The first-order chi connectivity index (χ1) is 11.6. The third kappa shape index (κ3) is 6.19. The molecule has 0 heterocycles. The number of carbonyl (C=O) groups is 1. The molecule has 0 atom stereocenters. The highest BCUT2D eigenvalue weighted by molar-refractivity contribution is 6.04. The van der Waals surface area contributed by atoms with E-state index in [2.05, 4.69) is 5.32 Å². The molecule has 1 amide bonds. The molecular weight excluding hydrogens is 340 g/mol. The lowest BCUT2D eigenvalue weighted by molar-refractivity contribution is 0.102. The van der Waals surface area contributed by atoms with E-state index in [1.54, 1.807) is 36.4 Å². The minimum atomic E-state index is -0.217. The van der Waals surface area contributed by atoms with Crippen LogP contribution in [0.5, 0.6) is 11.5 Å². The van der Waals surface area contributed by atoms with Crippen LogP contribution in [-0.4, -0.2) is 19.1 Å². The zero-order chi connectivity index (χ0) is 17.4. The Kier molecular flexibility index (Phi) is 8.64. The number of halogens is 1. The van der Waals surface area contributed by atoms with E-state index in [9.17, 15) is 4.79 Å². The Morgan fingerprint density at radius 2 is 1.68 bits per heavy atom. The zero-order valence-corrected chi connectivity index (χ0v) is 15.4. The van der Waals surface area contributed by atoms with E-state index in [0.717, 1.165) is 12.8 Å². The van der Waals surface area contributed by atoms with E-state index in [1.165, 1.54) is 0 Å². The fraction of sp³-hybridized carbons (Fsp3) is 0.316. The van der Waals surface area contributed by atoms with Crippen molar-refractivity contribution in [1.29, 1.82) is 0 Å². The van der Waals surface area contributed by atoms with Gasteiger partial charge >= 0.3 is 0 Å². The number of amides is 1. The SMILES string of the molecule is CCCOc1ccc(NC(=O)c2cccc(N)c2)cc1OCCC.Cl. The van der Waals surface area contributed by atoms with E-state index >= 15 is 0 Å². The van der Waals surface area contributed by atoms with Crippen molar-refractivity contribution in [1.82, 2.24) is 0 Å². The van der Waals surface area contributed by atoms with Crippen LogP contribution in [-0.2, 0) is 0 Å². The lowest BCUT2D eigenvalue weighted by atomic mass is 10.2. The van der Waals surface area contributed by atoms with Crippen molar-refractivity contribution in [3.63, 3.8) is 0 Å². The van der Waals surface area contributed by atoms with Gasteiger partial charge < -0.3 is 20.5 Å². The molecule has 136 valence electrons. The van der Waals surface area contributed by atoms with Crippen molar-refractivity contribution in [2.24, 2.45) is 0 Å². The second-order valence-electron chi connectivity index (χ2n) is 5.44. The van der Waals surface area contributed by atoms with Crippen LogP contribution in [0, 0.1) is 0 Å². The molecule has 2 rings (SSSR count). The van der Waals surface area contributed by atoms with Crippen molar-refractivity contribution in [2.75, 3.05) is 24.3 Å². The van der Waals surface area contributed by atoms with Crippen molar-refractivity contribution >= 4 is 29.7 Å². The van der Waals surface area contributed by atoms with Crippen LogP contribution in [0.4, 0.5) is 11.4 Å². The summed E-state index contributed by atoms with van der Waals surface area (Å²) in [5, 5.41) is 2.86. The average Bonchev–Trinajstić information content (AvgIpc) is 2.59. The van der Waals surface area contributed by atoms with Crippen LogP contribution in [0.1, 0.15) is 37.0 Å². The lowest BCUT2D eigenvalue weighted by Crippen LogP contribution is -2.12. The summed E-state index contributed by atoms with van der Waals surface area (Å²) in [4.78, 5) is 12.3. The van der Waals surface area contributed by atoms with Gasteiger partial charge in [0.25, 0.3) is 5.91 Å². The number of ether oxygens (including phenoxy) is 2. The summed E-state index contributed by atoms with van der Waals surface area (Å²) in [5.74, 6) is 1.11. The normalized spacial score (nSPS) is 9.84. The van der Waals surface area contributed by atoms with Crippen LogP contribution in [0.25, 0.3) is 0 Å². The molecular formula is C19H25ClN2O3. The molecule has 0 saturated heterocycles. The molecule has 6 heteroatoms. The van der Waals surface area contributed by atoms with Crippen molar-refractivity contribution in [3.8, 4) is 11.5 Å². The van der Waals surface area contributed by atoms with Crippen molar-refractivity contribution < 1.29 is 14.3 Å². The highest BCUT2D eigenvalue weighted by Gasteiger charge is 2.10. The average molecular weight is 365 g/mol. The third-order valence-corrected chi connectivity index (χ3v) is 3.27. The quantitative estimate of drug-likeness (QED) is 0.675. The number of hydrogen-bond donors (Lipinski definition) is 2. The Morgan fingerprint density at radius 3 is 2.32 bits per heavy atom. The number of carbonyl (C=O) groups excluding carboxylic acids is 1. The Hall–Kier alpha value is -2.40. The predicted molar refractivity (Wildman–Crippen MR) is 104 cm³/mol. The van der Waals surface area contributed by atoms with Crippen LogP contribution in [0.15, 0.2) is 42.5 Å². The molecule has 0 aliphatic rings. The number of hydrogen-bond acceptors (Lipinski definition) is 4. The first-order valence-corrected chi connectivity index (χ1v) is 8.20. The largest absolute Gasteiger partial charge is 0.490 e. The van der Waals surface area contributed by atoms with E-state index in [-0.39, 0.29) is 18.3 Å². The Morgan fingerprint density at radius 1 is 1.00 bits per heavy atom. The molecule has 25 heavy (non-hydrogen) atoms. The minimum Gasteiger partial charge on any atom is -0.490 e. The highest BCUT2D eigenvalue weighted by atomic mass is 35.5. The molecule has 0 aromatic heterocycles. The number of nitrogen functional groups attached to an aromatic ring is 1. The van der Waals surface area contributed by atoms with E-state index in [1.807, 2.05) is 19.9 Å². The van der Waals surface area contributed by atoms with Crippen molar-refractivity contribution in [2.45, 2.75) is 26.7 Å². The lowest BCUT2D eigenvalue weighted by Gasteiger charge is -2.14. The molecule has 0 bridgehead atoms. The van der Waals surface area contributed by atoms with Gasteiger partial charge in [-0.15, -0.1) is 12.4 Å². The molecule has 0 saturated carbocycles. The standard InChI is InChI=1S/C19H24N2O3.ClH/c1-3-10-23-17-9-8-16(13-18(17)24-11-4-2)21-19(22)14-6-5-7-15(20)12-14;/h5-9,12-13H,3-4,10-11,20H2,1-2H3,(H,21,22);1H. The predicted octanol–water partition coefficient (Wildman–Crippen LogP) is 4.52. The highest BCUT2D eigenvalue weighted by Crippen LogP contribution is 2.31. The summed E-state index contributed by atoms with van der Waals surface area (Å²) in [7, 11) is 0. The monoisotopic (exact) mass is 364 g/mol. The van der Waals surface area contributed by atoms with Crippen LogP contribution < -0.4 is 20.5 Å². The summed E-state index contributed by atoms with van der Waals surface area (Å²) < 4.78 is 11.4. The summed E-state index contributed by atoms with van der Waals surface area (Å²) in [6, 6.07) is 12.3. The van der Waals surface area contributed by atoms with E-state index in [4.69, 9.17) is 15.2 Å². The van der Waals surface area contributed by atoms with E-state index < -0.39 is 0 Å². The Labute approximate surface area is 154 Å². The maximum absolute atomic E-state index is 12.3. The molecule has 0 spiro atoms. The van der Waals surface area contributed by atoms with Gasteiger partial charge in [-0.05, 0) is 43.2 Å². The van der Waals surface area contributed by atoms with Crippen LogP contribution >= 0.6 is 12.4 Å². The zero-order valence-electron chi connectivity index (χ0n) is 14.6. The van der Waals surface area contributed by atoms with Gasteiger partial charge in [-0.1, -0.05) is 19.9 Å². The molecule has 0 unspecified atom stereocenters. The first kappa shape index (κ1) is 20.6. The summed E-state index contributed by atoms with van der Waals surface area (Å²) >= 11 is 0. The third-order valence-electron chi connectivity index (χ3n) is 3.27. The van der Waals surface area contributed by atoms with Gasteiger partial charge in [0.15, 0.2) is 11.5 Å². The second kappa shape index (κ2) is 10.5. The number of benzene rings is 2. The first-order valence-electron chi connectivity index (χ1n) is 8.20. The summed E-state index contributed by atoms with van der Waals surface area (Å²) in [6.45, 7) is 5.30. The number of anilines is 2. The molecule has 0 radical (unpaired) electrons.